The van der Waals surface area contributed by atoms with Gasteiger partial charge < -0.3 is 9.84 Å². The molecule has 0 amide bonds. The quantitative estimate of drug-likeness (QED) is 0.636. The Bertz CT molecular complexity index is 446. The zero-order chi connectivity index (χ0) is 14.1. The first-order valence-corrected chi connectivity index (χ1v) is 7.96. The minimum absolute atomic E-state index is 0.218. The number of aliphatic hydroxyl groups excluding tert-OH is 1. The normalized spacial score (nSPS) is 26.3. The number of rotatable bonds is 6. The van der Waals surface area contributed by atoms with Crippen molar-refractivity contribution in [3.63, 3.8) is 0 Å². The molecule has 1 aliphatic carbocycles. The molecule has 1 aliphatic heterocycles. The van der Waals surface area contributed by atoms with E-state index in [2.05, 4.69) is 4.72 Å². The van der Waals surface area contributed by atoms with Gasteiger partial charge in [-0.25, -0.2) is 0 Å². The van der Waals surface area contributed by atoms with E-state index in [1.54, 1.807) is 6.92 Å². The highest BCUT2D eigenvalue weighted by Gasteiger charge is 2.49. The average Bonchev–Trinajstić information content (AvgIpc) is 2.93. The molecule has 1 heterocycles. The number of hydrogen-bond donors (Lipinski definition) is 2. The van der Waals surface area contributed by atoms with Crippen LogP contribution in [0.5, 0.6) is 0 Å². The summed E-state index contributed by atoms with van der Waals surface area (Å²) in [6, 6.07) is -0.744. The fourth-order valence-corrected chi connectivity index (χ4v) is 4.11. The average molecular weight is 292 g/mol. The van der Waals surface area contributed by atoms with Gasteiger partial charge in [0.05, 0.1) is 18.8 Å². The Morgan fingerprint density at radius 1 is 1.53 bits per heavy atom. The number of ether oxygens (including phenoxy) is 1. The van der Waals surface area contributed by atoms with Gasteiger partial charge in [0.25, 0.3) is 10.2 Å². The molecule has 0 aromatic rings. The molecule has 19 heavy (non-hydrogen) atoms. The lowest BCUT2D eigenvalue weighted by molar-refractivity contribution is -0.146. The molecule has 8 heteroatoms. The van der Waals surface area contributed by atoms with E-state index in [-0.39, 0.29) is 13.2 Å². The molecule has 1 saturated carbocycles. The van der Waals surface area contributed by atoms with Crippen LogP contribution in [0.4, 0.5) is 0 Å². The number of carbonyl (C=O) groups excluding carboxylic acids is 1. The van der Waals surface area contributed by atoms with Crippen LogP contribution < -0.4 is 4.72 Å². The molecule has 1 unspecified atom stereocenters. The zero-order valence-electron chi connectivity index (χ0n) is 11.0. The summed E-state index contributed by atoms with van der Waals surface area (Å²) in [5, 5.41) is 9.18. The summed E-state index contributed by atoms with van der Waals surface area (Å²) in [4.78, 5) is 11.7. The Kier molecular flexibility index (Phi) is 4.14. The Hall–Kier alpha value is -0.700. The third kappa shape index (κ3) is 3.07. The van der Waals surface area contributed by atoms with Gasteiger partial charge in [-0.3, -0.25) is 4.79 Å². The van der Waals surface area contributed by atoms with Crippen LogP contribution in [-0.4, -0.2) is 55.1 Å². The summed E-state index contributed by atoms with van der Waals surface area (Å²) in [6.45, 7) is 2.01. The Balaban J connectivity index is 2.08. The summed E-state index contributed by atoms with van der Waals surface area (Å²) in [5.41, 5.74) is -0.722. The largest absolute Gasteiger partial charge is 0.465 e. The Morgan fingerprint density at radius 3 is 2.74 bits per heavy atom. The first kappa shape index (κ1) is 14.7. The molecule has 2 rings (SSSR count). The lowest BCUT2D eigenvalue weighted by Gasteiger charge is -2.25. The van der Waals surface area contributed by atoms with Gasteiger partial charge in [-0.15, -0.1) is 0 Å². The number of esters is 1. The van der Waals surface area contributed by atoms with Crippen LogP contribution in [-0.2, 0) is 19.7 Å². The van der Waals surface area contributed by atoms with Gasteiger partial charge in [0.1, 0.15) is 6.04 Å². The molecule has 110 valence electrons. The molecule has 0 spiro atoms. The second-order valence-corrected chi connectivity index (χ2v) is 6.69. The van der Waals surface area contributed by atoms with E-state index in [4.69, 9.17) is 4.74 Å². The summed E-state index contributed by atoms with van der Waals surface area (Å²) in [7, 11) is -3.76. The molecular weight excluding hydrogens is 272 g/mol. The fourth-order valence-electron chi connectivity index (χ4n) is 2.28. The predicted molar refractivity (Wildman–Crippen MR) is 67.5 cm³/mol. The standard InChI is InChI=1S/C11H20N2O5S/c1-2-18-10(15)9-4-3-7-13(9)19(16,17)12-11(8-14)5-6-11/h9,12,14H,2-8H2,1H3. The SMILES string of the molecule is CCOC(=O)C1CCCN1S(=O)(=O)NC1(CO)CC1. The van der Waals surface area contributed by atoms with E-state index < -0.39 is 27.8 Å². The second kappa shape index (κ2) is 5.35. The number of nitrogens with one attached hydrogen (secondary N) is 1. The van der Waals surface area contributed by atoms with Crippen LogP contribution in [0.25, 0.3) is 0 Å². The van der Waals surface area contributed by atoms with Crippen LogP contribution >= 0.6 is 0 Å². The molecular formula is C11H20N2O5S. The highest BCUT2D eigenvalue weighted by Crippen LogP contribution is 2.36. The second-order valence-electron chi connectivity index (χ2n) is 5.07. The topological polar surface area (TPSA) is 95.9 Å². The highest BCUT2D eigenvalue weighted by molar-refractivity contribution is 7.87. The third-order valence-electron chi connectivity index (χ3n) is 3.57. The summed E-state index contributed by atoms with van der Waals surface area (Å²) < 4.78 is 33.1. The van der Waals surface area contributed by atoms with Crippen LogP contribution in [0.3, 0.4) is 0 Å². The summed E-state index contributed by atoms with van der Waals surface area (Å²) in [5.74, 6) is -0.501. The molecule has 0 aromatic heterocycles. The van der Waals surface area contributed by atoms with E-state index in [9.17, 15) is 18.3 Å². The van der Waals surface area contributed by atoms with Gasteiger partial charge in [-0.1, -0.05) is 0 Å². The Morgan fingerprint density at radius 2 is 2.21 bits per heavy atom. The third-order valence-corrected chi connectivity index (χ3v) is 5.32. The van der Waals surface area contributed by atoms with Gasteiger partial charge in [-0.2, -0.15) is 17.4 Å². The zero-order valence-corrected chi connectivity index (χ0v) is 11.8. The first-order chi connectivity index (χ1) is 8.94. The van der Waals surface area contributed by atoms with Crippen molar-refractivity contribution in [2.45, 2.75) is 44.2 Å². The van der Waals surface area contributed by atoms with E-state index in [1.807, 2.05) is 0 Å². The Labute approximate surface area is 113 Å². The number of hydrogen-bond acceptors (Lipinski definition) is 5. The van der Waals surface area contributed by atoms with Gasteiger partial charge in [-0.05, 0) is 32.6 Å². The van der Waals surface area contributed by atoms with E-state index in [0.717, 1.165) is 4.31 Å². The fraction of sp³-hybridized carbons (Fsp3) is 0.909. The maximum atomic E-state index is 12.3. The molecule has 2 N–H and O–H groups in total. The van der Waals surface area contributed by atoms with Crippen LogP contribution in [0, 0.1) is 0 Å². The number of aliphatic hydroxyl groups is 1. The summed E-state index contributed by atoms with van der Waals surface area (Å²) >= 11 is 0. The minimum atomic E-state index is -3.76. The van der Waals surface area contributed by atoms with E-state index >= 15 is 0 Å². The van der Waals surface area contributed by atoms with Crippen LogP contribution in [0.1, 0.15) is 32.6 Å². The smallest absolute Gasteiger partial charge is 0.324 e. The predicted octanol–water partition coefficient (Wildman–Crippen LogP) is -0.627. The minimum Gasteiger partial charge on any atom is -0.465 e. The molecule has 2 aliphatic rings. The van der Waals surface area contributed by atoms with Crippen molar-refractivity contribution in [1.82, 2.24) is 9.03 Å². The van der Waals surface area contributed by atoms with Crippen molar-refractivity contribution in [3.05, 3.63) is 0 Å². The molecule has 7 nitrogen and oxygen atoms in total. The lowest BCUT2D eigenvalue weighted by Crippen LogP contribution is -2.51. The van der Waals surface area contributed by atoms with E-state index in [0.29, 0.717) is 32.2 Å². The number of carbonyl (C=O) groups is 1. The molecule has 0 radical (unpaired) electrons. The van der Waals surface area contributed by atoms with Gasteiger partial charge in [0, 0.05) is 6.54 Å². The van der Waals surface area contributed by atoms with Gasteiger partial charge in [0.2, 0.25) is 0 Å². The maximum Gasteiger partial charge on any atom is 0.324 e. The number of nitrogens with zero attached hydrogens (tertiary/aromatic N) is 1. The van der Waals surface area contributed by atoms with E-state index in [1.165, 1.54) is 0 Å². The maximum absolute atomic E-state index is 12.3. The van der Waals surface area contributed by atoms with Gasteiger partial charge >= 0.3 is 5.97 Å². The highest BCUT2D eigenvalue weighted by atomic mass is 32.2. The molecule has 2 fully saturated rings. The monoisotopic (exact) mass is 292 g/mol. The van der Waals surface area contributed by atoms with Crippen molar-refractivity contribution in [3.8, 4) is 0 Å². The van der Waals surface area contributed by atoms with Crippen molar-refractivity contribution in [2.75, 3.05) is 19.8 Å². The lowest BCUT2D eigenvalue weighted by atomic mass is 10.2. The van der Waals surface area contributed by atoms with Crippen LogP contribution in [0.15, 0.2) is 0 Å². The first-order valence-electron chi connectivity index (χ1n) is 6.52. The summed E-state index contributed by atoms with van der Waals surface area (Å²) in [6.07, 6.45) is 2.36. The van der Waals surface area contributed by atoms with Crippen LogP contribution in [0.2, 0.25) is 0 Å². The van der Waals surface area contributed by atoms with Gasteiger partial charge in [0.15, 0.2) is 0 Å². The molecule has 0 bridgehead atoms. The van der Waals surface area contributed by atoms with Crippen molar-refractivity contribution in [2.24, 2.45) is 0 Å². The molecule has 1 atom stereocenters. The van der Waals surface area contributed by atoms with Crippen molar-refractivity contribution in [1.29, 1.82) is 0 Å². The van der Waals surface area contributed by atoms with Crippen molar-refractivity contribution < 1.29 is 23.1 Å². The van der Waals surface area contributed by atoms with Crippen molar-refractivity contribution >= 4 is 16.2 Å². The molecule has 1 saturated heterocycles. The molecule has 0 aromatic carbocycles.